The second kappa shape index (κ2) is 8.34. The molecule has 0 atom stereocenters. The van der Waals surface area contributed by atoms with Crippen molar-refractivity contribution in [1.29, 1.82) is 0 Å². The van der Waals surface area contributed by atoms with Gasteiger partial charge in [-0.25, -0.2) is 4.79 Å². The molecule has 0 aliphatic carbocycles. The maximum absolute atomic E-state index is 12.6. The lowest BCUT2D eigenvalue weighted by molar-refractivity contribution is 0.224. The fourth-order valence-electron chi connectivity index (χ4n) is 2.73. The van der Waals surface area contributed by atoms with Crippen molar-refractivity contribution in [2.45, 2.75) is 13.3 Å². The highest BCUT2D eigenvalue weighted by Gasteiger charge is 2.28. The van der Waals surface area contributed by atoms with Gasteiger partial charge < -0.3 is 4.90 Å². The van der Waals surface area contributed by atoms with Crippen LogP contribution in [-0.4, -0.2) is 43.8 Å². The minimum Gasteiger partial charge on any atom is -0.330 e. The molecule has 7 heteroatoms. The van der Waals surface area contributed by atoms with Crippen LogP contribution in [0.4, 0.5) is 9.80 Å². The zero-order chi connectivity index (χ0) is 17.3. The van der Waals surface area contributed by atoms with Gasteiger partial charge in [0.1, 0.15) is 5.00 Å². The standard InChI is InChI=1S/C18H20BrN3OS.ClH/c1-4-12-11-14-16(13-7-5-6-8-15(13)19)20-9-10-22(17(14)24-12)18(23)21(2)3;/h5-8,11H,4,9-10H2,1-3H3;1H. The zero-order valence-corrected chi connectivity index (χ0v) is 17.7. The number of urea groups is 1. The van der Waals surface area contributed by atoms with Crippen molar-refractivity contribution in [3.05, 3.63) is 50.8 Å². The smallest absolute Gasteiger partial charge is 0.324 e. The summed E-state index contributed by atoms with van der Waals surface area (Å²) in [6.45, 7) is 3.33. The number of fused-ring (bicyclic) bond motifs is 1. The molecule has 1 aromatic heterocycles. The average molecular weight is 443 g/mol. The summed E-state index contributed by atoms with van der Waals surface area (Å²) in [6, 6.07) is 10.3. The van der Waals surface area contributed by atoms with Crippen molar-refractivity contribution in [3.8, 4) is 0 Å². The predicted molar refractivity (Wildman–Crippen MR) is 112 cm³/mol. The van der Waals surface area contributed by atoms with Crippen LogP contribution in [0, 0.1) is 0 Å². The molecule has 0 saturated carbocycles. The second-order valence-corrected chi connectivity index (χ2v) is 7.79. The molecule has 2 amide bonds. The molecule has 25 heavy (non-hydrogen) atoms. The van der Waals surface area contributed by atoms with E-state index in [-0.39, 0.29) is 18.4 Å². The van der Waals surface area contributed by atoms with Gasteiger partial charge in [-0.2, -0.15) is 0 Å². The SMILES string of the molecule is CCc1cc2c(s1)N(C(=O)N(C)C)CCN=C2c1ccccc1Br.Cl. The molecule has 0 fully saturated rings. The molecule has 0 unspecified atom stereocenters. The molecule has 0 bridgehead atoms. The average Bonchev–Trinajstić information content (AvgIpc) is 2.92. The van der Waals surface area contributed by atoms with E-state index in [1.807, 2.05) is 23.1 Å². The van der Waals surface area contributed by atoms with Crippen LogP contribution in [0.5, 0.6) is 0 Å². The molecule has 1 aromatic carbocycles. The first-order valence-electron chi connectivity index (χ1n) is 7.94. The molecule has 1 aliphatic heterocycles. The number of hydrogen-bond donors (Lipinski definition) is 0. The Bertz CT molecular complexity index is 803. The van der Waals surface area contributed by atoms with E-state index in [1.54, 1.807) is 30.3 Å². The van der Waals surface area contributed by atoms with Gasteiger partial charge in [0.25, 0.3) is 0 Å². The molecule has 134 valence electrons. The van der Waals surface area contributed by atoms with E-state index >= 15 is 0 Å². The fourth-order valence-corrected chi connectivity index (χ4v) is 4.32. The third-order valence-corrected chi connectivity index (χ3v) is 5.94. The number of rotatable bonds is 2. The lowest BCUT2D eigenvalue weighted by Gasteiger charge is -2.24. The highest BCUT2D eigenvalue weighted by Crippen LogP contribution is 2.37. The first-order valence-corrected chi connectivity index (χ1v) is 9.55. The van der Waals surface area contributed by atoms with Crippen LogP contribution in [0.2, 0.25) is 0 Å². The quantitative estimate of drug-likeness (QED) is 0.656. The largest absolute Gasteiger partial charge is 0.330 e. The number of aryl methyl sites for hydroxylation is 1. The van der Waals surface area contributed by atoms with E-state index in [9.17, 15) is 4.79 Å². The number of benzene rings is 1. The number of nitrogens with zero attached hydrogens (tertiary/aromatic N) is 3. The minimum atomic E-state index is 0. The van der Waals surface area contributed by atoms with Crippen LogP contribution in [0.25, 0.3) is 0 Å². The molecule has 1 aliphatic rings. The monoisotopic (exact) mass is 441 g/mol. The van der Waals surface area contributed by atoms with Crippen LogP contribution in [0.15, 0.2) is 39.8 Å². The van der Waals surface area contributed by atoms with Gasteiger partial charge in [0.05, 0.1) is 12.3 Å². The Morgan fingerprint density at radius 3 is 2.68 bits per heavy atom. The summed E-state index contributed by atoms with van der Waals surface area (Å²) in [5.74, 6) is 0. The molecule has 3 rings (SSSR count). The molecule has 0 N–H and O–H groups in total. The third-order valence-electron chi connectivity index (χ3n) is 3.95. The number of hydrogen-bond acceptors (Lipinski definition) is 3. The summed E-state index contributed by atoms with van der Waals surface area (Å²) < 4.78 is 1.02. The van der Waals surface area contributed by atoms with Gasteiger partial charge in [0, 0.05) is 41.1 Å². The van der Waals surface area contributed by atoms with Gasteiger partial charge in [-0.1, -0.05) is 41.1 Å². The summed E-state index contributed by atoms with van der Waals surface area (Å²) in [5, 5.41) is 0.998. The van der Waals surface area contributed by atoms with Crippen LogP contribution in [0.3, 0.4) is 0 Å². The fraction of sp³-hybridized carbons (Fsp3) is 0.333. The number of anilines is 1. The zero-order valence-electron chi connectivity index (χ0n) is 14.5. The molecular weight excluding hydrogens is 422 g/mol. The van der Waals surface area contributed by atoms with Crippen LogP contribution in [-0.2, 0) is 6.42 Å². The summed E-state index contributed by atoms with van der Waals surface area (Å²) in [5.41, 5.74) is 3.08. The maximum atomic E-state index is 12.6. The normalized spacial score (nSPS) is 13.4. The Hall–Kier alpha value is -1.37. The molecule has 0 radical (unpaired) electrons. The number of amides is 2. The molecule has 2 heterocycles. The highest BCUT2D eigenvalue weighted by molar-refractivity contribution is 9.10. The lowest BCUT2D eigenvalue weighted by atomic mass is 10.0. The van der Waals surface area contributed by atoms with E-state index in [4.69, 9.17) is 4.99 Å². The Morgan fingerprint density at radius 1 is 1.32 bits per heavy atom. The number of carbonyl (C=O) groups excluding carboxylic acids is 1. The topological polar surface area (TPSA) is 35.9 Å². The van der Waals surface area contributed by atoms with E-state index in [1.165, 1.54) is 4.88 Å². The Balaban J connectivity index is 0.00000225. The van der Waals surface area contributed by atoms with Gasteiger partial charge in [0.15, 0.2) is 0 Å². The van der Waals surface area contributed by atoms with E-state index in [0.717, 1.165) is 32.7 Å². The second-order valence-electron chi connectivity index (χ2n) is 5.82. The summed E-state index contributed by atoms with van der Waals surface area (Å²) in [4.78, 5) is 22.2. The molecule has 4 nitrogen and oxygen atoms in total. The molecular formula is C18H21BrClN3OS. The van der Waals surface area contributed by atoms with Crippen molar-refractivity contribution in [2.75, 3.05) is 32.1 Å². The lowest BCUT2D eigenvalue weighted by Crippen LogP contribution is -2.40. The highest BCUT2D eigenvalue weighted by atomic mass is 79.9. The van der Waals surface area contributed by atoms with E-state index in [0.29, 0.717) is 13.1 Å². The van der Waals surface area contributed by atoms with Crippen molar-refractivity contribution >= 4 is 56.4 Å². The van der Waals surface area contributed by atoms with Gasteiger partial charge in [-0.3, -0.25) is 9.89 Å². The van der Waals surface area contributed by atoms with Crippen LogP contribution < -0.4 is 4.90 Å². The van der Waals surface area contributed by atoms with Crippen LogP contribution in [0.1, 0.15) is 22.9 Å². The summed E-state index contributed by atoms with van der Waals surface area (Å²) >= 11 is 5.32. The maximum Gasteiger partial charge on any atom is 0.324 e. The Morgan fingerprint density at radius 2 is 2.04 bits per heavy atom. The van der Waals surface area contributed by atoms with Crippen LogP contribution >= 0.6 is 39.7 Å². The van der Waals surface area contributed by atoms with Crippen molar-refractivity contribution in [1.82, 2.24) is 4.90 Å². The van der Waals surface area contributed by atoms with Gasteiger partial charge in [-0.15, -0.1) is 23.7 Å². The summed E-state index contributed by atoms with van der Waals surface area (Å²) in [7, 11) is 3.58. The first-order chi connectivity index (χ1) is 11.5. The Labute approximate surface area is 167 Å². The first kappa shape index (κ1) is 19.9. The molecule has 0 spiro atoms. The van der Waals surface area contributed by atoms with Gasteiger partial charge in [0.2, 0.25) is 0 Å². The Kier molecular flexibility index (Phi) is 6.65. The molecule has 0 saturated heterocycles. The molecule has 2 aromatic rings. The predicted octanol–water partition coefficient (Wildman–Crippen LogP) is 4.83. The minimum absolute atomic E-state index is 0. The third kappa shape index (κ3) is 3.91. The summed E-state index contributed by atoms with van der Waals surface area (Å²) in [6.07, 6.45) is 0.949. The number of carbonyl (C=O) groups is 1. The number of thiophene rings is 1. The van der Waals surface area contributed by atoms with E-state index in [2.05, 4.69) is 35.0 Å². The van der Waals surface area contributed by atoms with E-state index < -0.39 is 0 Å². The van der Waals surface area contributed by atoms with Gasteiger partial charge >= 0.3 is 6.03 Å². The van der Waals surface area contributed by atoms with Crippen molar-refractivity contribution in [2.24, 2.45) is 4.99 Å². The van der Waals surface area contributed by atoms with Crippen molar-refractivity contribution < 1.29 is 4.79 Å². The van der Waals surface area contributed by atoms with Gasteiger partial charge in [-0.05, 0) is 18.6 Å². The number of halogens is 2. The van der Waals surface area contributed by atoms with Crippen molar-refractivity contribution in [3.63, 3.8) is 0 Å². The number of aliphatic imine (C=N–C) groups is 1.